The number of carboxylic acids is 1. The molecule has 0 aromatic heterocycles. The summed E-state index contributed by atoms with van der Waals surface area (Å²) in [4.78, 5) is 25.7. The van der Waals surface area contributed by atoms with E-state index in [9.17, 15) is 9.59 Å². The van der Waals surface area contributed by atoms with Crippen molar-refractivity contribution in [3.63, 3.8) is 0 Å². The van der Waals surface area contributed by atoms with Crippen LogP contribution in [0, 0.1) is 0 Å². The maximum Gasteiger partial charge on any atom is 0.305 e. The molecule has 3 rings (SSSR count). The number of ether oxygens (including phenoxy) is 2. The van der Waals surface area contributed by atoms with Gasteiger partial charge in [0.2, 0.25) is 5.91 Å². The van der Waals surface area contributed by atoms with Crippen LogP contribution in [0.4, 0.5) is 0 Å². The van der Waals surface area contributed by atoms with Crippen molar-refractivity contribution in [2.75, 3.05) is 26.9 Å². The van der Waals surface area contributed by atoms with Gasteiger partial charge in [-0.2, -0.15) is 0 Å². The van der Waals surface area contributed by atoms with Crippen molar-refractivity contribution in [1.29, 1.82) is 0 Å². The van der Waals surface area contributed by atoms with E-state index in [1.807, 2.05) is 43.3 Å². The van der Waals surface area contributed by atoms with Crippen molar-refractivity contribution in [2.45, 2.75) is 25.3 Å². The maximum absolute atomic E-state index is 13.0. The Labute approximate surface area is 152 Å². The van der Waals surface area contributed by atoms with Crippen LogP contribution in [0.15, 0.2) is 36.4 Å². The highest BCUT2D eigenvalue weighted by atomic mass is 16.5. The number of carbonyl (C=O) groups is 2. The molecule has 1 fully saturated rings. The van der Waals surface area contributed by atoms with Crippen LogP contribution in [0.3, 0.4) is 0 Å². The van der Waals surface area contributed by atoms with Crippen LogP contribution < -0.4 is 4.74 Å². The van der Waals surface area contributed by atoms with Crippen molar-refractivity contribution in [3.8, 4) is 5.75 Å². The first-order chi connectivity index (χ1) is 12.5. The Morgan fingerprint density at radius 2 is 2.00 bits per heavy atom. The number of methoxy groups -OCH3 is 1. The Balaban J connectivity index is 1.82. The molecule has 0 spiro atoms. The number of morpholine rings is 1. The minimum atomic E-state index is -0.925. The number of hydrogen-bond acceptors (Lipinski definition) is 4. The van der Waals surface area contributed by atoms with E-state index in [0.29, 0.717) is 13.2 Å². The van der Waals surface area contributed by atoms with Gasteiger partial charge in [-0.15, -0.1) is 0 Å². The lowest BCUT2D eigenvalue weighted by atomic mass is 9.95. The molecule has 0 bridgehead atoms. The second kappa shape index (κ2) is 7.74. The highest BCUT2D eigenvalue weighted by Crippen LogP contribution is 2.27. The lowest BCUT2D eigenvalue weighted by molar-refractivity contribution is -0.147. The quantitative estimate of drug-likeness (QED) is 0.890. The summed E-state index contributed by atoms with van der Waals surface area (Å²) in [5.41, 5.74) is 0.910. The Bertz CT molecular complexity index is 819. The van der Waals surface area contributed by atoms with E-state index in [-0.39, 0.29) is 24.9 Å². The molecule has 6 heteroatoms. The zero-order valence-electron chi connectivity index (χ0n) is 15.0. The average molecular weight is 357 g/mol. The molecule has 138 valence electrons. The molecule has 1 unspecified atom stereocenters. The molecule has 1 saturated heterocycles. The molecule has 1 aliphatic rings. The van der Waals surface area contributed by atoms with Crippen LogP contribution in [0.2, 0.25) is 0 Å². The van der Waals surface area contributed by atoms with E-state index in [2.05, 4.69) is 0 Å². The SMILES string of the molecule is COc1ccc2cc([C@H](C)C(=O)N3CCOCC3CC(=O)O)ccc2c1. The maximum atomic E-state index is 13.0. The summed E-state index contributed by atoms with van der Waals surface area (Å²) in [7, 11) is 1.63. The summed E-state index contributed by atoms with van der Waals surface area (Å²) >= 11 is 0. The van der Waals surface area contributed by atoms with E-state index >= 15 is 0 Å². The predicted molar refractivity (Wildman–Crippen MR) is 97.5 cm³/mol. The highest BCUT2D eigenvalue weighted by molar-refractivity contribution is 5.88. The zero-order chi connectivity index (χ0) is 18.7. The van der Waals surface area contributed by atoms with E-state index in [0.717, 1.165) is 22.1 Å². The molecular weight excluding hydrogens is 334 g/mol. The third kappa shape index (κ3) is 3.80. The van der Waals surface area contributed by atoms with Crippen molar-refractivity contribution in [1.82, 2.24) is 4.90 Å². The van der Waals surface area contributed by atoms with Crippen LogP contribution in [-0.4, -0.2) is 54.8 Å². The normalized spacial score (nSPS) is 18.5. The molecule has 0 saturated carbocycles. The van der Waals surface area contributed by atoms with Crippen LogP contribution >= 0.6 is 0 Å². The molecular formula is C20H23NO5. The summed E-state index contributed by atoms with van der Waals surface area (Å²) in [6.45, 7) is 2.99. The molecule has 6 nitrogen and oxygen atoms in total. The van der Waals surface area contributed by atoms with Crippen molar-refractivity contribution >= 4 is 22.6 Å². The number of nitrogens with zero attached hydrogens (tertiary/aromatic N) is 1. The van der Waals surface area contributed by atoms with E-state index in [4.69, 9.17) is 14.6 Å². The number of carboxylic acid groups (broad SMARTS) is 1. The van der Waals surface area contributed by atoms with Gasteiger partial charge in [-0.3, -0.25) is 9.59 Å². The minimum Gasteiger partial charge on any atom is -0.497 e. The van der Waals surface area contributed by atoms with Gasteiger partial charge >= 0.3 is 5.97 Å². The first-order valence-electron chi connectivity index (χ1n) is 8.67. The predicted octanol–water partition coefficient (Wildman–Crippen LogP) is 2.65. The van der Waals surface area contributed by atoms with Gasteiger partial charge < -0.3 is 19.5 Å². The summed E-state index contributed by atoms with van der Waals surface area (Å²) in [5.74, 6) is -0.548. The van der Waals surface area contributed by atoms with Gasteiger partial charge in [0.05, 0.1) is 38.7 Å². The lowest BCUT2D eigenvalue weighted by Crippen LogP contribution is -2.50. The number of rotatable bonds is 5. The first kappa shape index (κ1) is 18.2. The topological polar surface area (TPSA) is 76.1 Å². The number of fused-ring (bicyclic) bond motifs is 1. The fourth-order valence-corrected chi connectivity index (χ4v) is 3.35. The van der Waals surface area contributed by atoms with Gasteiger partial charge in [0.1, 0.15) is 5.75 Å². The molecule has 1 N–H and O–H groups in total. The van der Waals surface area contributed by atoms with Gasteiger partial charge in [-0.1, -0.05) is 24.3 Å². The fraction of sp³-hybridized carbons (Fsp3) is 0.400. The highest BCUT2D eigenvalue weighted by Gasteiger charge is 2.32. The molecule has 0 aliphatic carbocycles. The Hall–Kier alpha value is -2.60. The van der Waals surface area contributed by atoms with Gasteiger partial charge in [0.25, 0.3) is 0 Å². The third-order valence-corrected chi connectivity index (χ3v) is 4.86. The average Bonchev–Trinajstić information content (AvgIpc) is 2.66. The number of hydrogen-bond donors (Lipinski definition) is 1. The summed E-state index contributed by atoms with van der Waals surface area (Å²) < 4.78 is 10.6. The number of benzene rings is 2. The monoisotopic (exact) mass is 357 g/mol. The van der Waals surface area contributed by atoms with Gasteiger partial charge in [0, 0.05) is 6.54 Å². The smallest absolute Gasteiger partial charge is 0.305 e. The second-order valence-electron chi connectivity index (χ2n) is 6.55. The Morgan fingerprint density at radius 1 is 1.27 bits per heavy atom. The molecule has 1 amide bonds. The van der Waals surface area contributed by atoms with E-state index < -0.39 is 12.0 Å². The van der Waals surface area contributed by atoms with Crippen LogP contribution in [0.1, 0.15) is 24.8 Å². The lowest BCUT2D eigenvalue weighted by Gasteiger charge is -2.36. The Morgan fingerprint density at radius 3 is 2.73 bits per heavy atom. The van der Waals surface area contributed by atoms with Crippen LogP contribution in [0.25, 0.3) is 10.8 Å². The molecule has 2 aromatic carbocycles. The van der Waals surface area contributed by atoms with Crippen LogP contribution in [0.5, 0.6) is 5.75 Å². The van der Waals surface area contributed by atoms with E-state index in [1.165, 1.54) is 0 Å². The summed E-state index contributed by atoms with van der Waals surface area (Å²) in [5, 5.41) is 11.2. The second-order valence-corrected chi connectivity index (χ2v) is 6.55. The molecule has 2 atom stereocenters. The molecule has 26 heavy (non-hydrogen) atoms. The minimum absolute atomic E-state index is 0.0626. The molecule has 0 radical (unpaired) electrons. The zero-order valence-corrected chi connectivity index (χ0v) is 15.0. The Kier molecular flexibility index (Phi) is 5.42. The van der Waals surface area contributed by atoms with Crippen LogP contribution in [-0.2, 0) is 14.3 Å². The molecule has 1 heterocycles. The number of aliphatic carboxylic acids is 1. The van der Waals surface area contributed by atoms with E-state index in [1.54, 1.807) is 12.0 Å². The summed E-state index contributed by atoms with van der Waals surface area (Å²) in [6.07, 6.45) is -0.101. The summed E-state index contributed by atoms with van der Waals surface area (Å²) in [6, 6.07) is 11.3. The first-order valence-corrected chi connectivity index (χ1v) is 8.67. The standard InChI is InChI=1S/C20H23NO5/c1-13(20(24)21-7-8-26-12-17(21)11-19(22)23)14-3-4-16-10-18(25-2)6-5-15(16)9-14/h3-6,9-10,13,17H,7-8,11-12H2,1-2H3,(H,22,23)/t13-,17?/m0/s1. The molecule has 2 aromatic rings. The number of amides is 1. The van der Waals surface area contributed by atoms with Gasteiger partial charge in [-0.25, -0.2) is 0 Å². The molecule has 1 aliphatic heterocycles. The van der Waals surface area contributed by atoms with Gasteiger partial charge in [-0.05, 0) is 35.4 Å². The van der Waals surface area contributed by atoms with Crippen molar-refractivity contribution < 1.29 is 24.2 Å². The van der Waals surface area contributed by atoms with Crippen molar-refractivity contribution in [2.24, 2.45) is 0 Å². The van der Waals surface area contributed by atoms with Gasteiger partial charge in [0.15, 0.2) is 0 Å². The largest absolute Gasteiger partial charge is 0.497 e. The number of carbonyl (C=O) groups excluding carboxylic acids is 1. The fourth-order valence-electron chi connectivity index (χ4n) is 3.35. The van der Waals surface area contributed by atoms with Crippen molar-refractivity contribution in [3.05, 3.63) is 42.0 Å². The third-order valence-electron chi connectivity index (χ3n) is 4.86.